The van der Waals surface area contributed by atoms with E-state index in [0.717, 1.165) is 28.8 Å². The minimum absolute atomic E-state index is 0.0413. The number of aryl methyl sites for hydroxylation is 2. The predicted octanol–water partition coefficient (Wildman–Crippen LogP) is 3.29. The first-order chi connectivity index (χ1) is 14.0. The Balaban J connectivity index is 1.55. The van der Waals surface area contributed by atoms with Crippen molar-refractivity contribution >= 4 is 28.5 Å². The summed E-state index contributed by atoms with van der Waals surface area (Å²) >= 11 is 0. The number of aromatic nitrogens is 2. The average molecular weight is 392 g/mol. The first kappa shape index (κ1) is 19.1. The molecule has 0 bridgehead atoms. The second kappa shape index (κ2) is 8.05. The molecule has 2 amide bonds. The molecule has 1 aliphatic rings. The Bertz CT molecular complexity index is 1070. The van der Waals surface area contributed by atoms with E-state index in [1.807, 2.05) is 26.0 Å². The zero-order valence-corrected chi connectivity index (χ0v) is 16.6. The van der Waals surface area contributed by atoms with Gasteiger partial charge in [-0.05, 0) is 56.2 Å². The number of ether oxygens (including phenoxy) is 1. The van der Waals surface area contributed by atoms with Gasteiger partial charge >= 0.3 is 0 Å². The molecule has 29 heavy (non-hydrogen) atoms. The van der Waals surface area contributed by atoms with E-state index in [0.29, 0.717) is 43.1 Å². The average Bonchev–Trinajstić information content (AvgIpc) is 2.90. The summed E-state index contributed by atoms with van der Waals surface area (Å²) in [6.07, 6.45) is 0.830. The van der Waals surface area contributed by atoms with Crippen LogP contribution in [0.3, 0.4) is 0 Å². The molecular weight excluding hydrogens is 368 g/mol. The van der Waals surface area contributed by atoms with E-state index in [4.69, 9.17) is 4.74 Å². The van der Waals surface area contributed by atoms with Gasteiger partial charge in [-0.2, -0.15) is 0 Å². The molecule has 7 heteroatoms. The number of hydrogen-bond acceptors (Lipinski definition) is 4. The van der Waals surface area contributed by atoms with Gasteiger partial charge < -0.3 is 19.9 Å². The van der Waals surface area contributed by atoms with Gasteiger partial charge in [0.05, 0.1) is 17.6 Å². The van der Waals surface area contributed by atoms with E-state index >= 15 is 0 Å². The molecule has 0 atom stereocenters. The Kier molecular flexibility index (Phi) is 5.31. The molecule has 0 spiro atoms. The second-order valence-corrected chi connectivity index (χ2v) is 7.30. The molecule has 0 unspecified atom stereocenters. The van der Waals surface area contributed by atoms with Crippen LogP contribution in [-0.2, 0) is 4.74 Å². The molecule has 150 valence electrons. The zero-order chi connectivity index (χ0) is 20.4. The lowest BCUT2D eigenvalue weighted by molar-refractivity contribution is 0.0741. The fraction of sp³-hybridized carbons (Fsp3) is 0.318. The number of fused-ring (bicyclic) bond motifs is 1. The highest BCUT2D eigenvalue weighted by atomic mass is 16.5. The summed E-state index contributed by atoms with van der Waals surface area (Å²) < 4.78 is 5.43. The van der Waals surface area contributed by atoms with E-state index in [2.05, 4.69) is 15.3 Å². The van der Waals surface area contributed by atoms with Crippen LogP contribution in [0, 0.1) is 13.8 Å². The fourth-order valence-corrected chi connectivity index (χ4v) is 3.49. The van der Waals surface area contributed by atoms with Crippen molar-refractivity contribution in [3.8, 4) is 0 Å². The van der Waals surface area contributed by atoms with Crippen molar-refractivity contribution in [3.05, 3.63) is 58.9 Å². The number of nitrogens with zero attached hydrogens (tertiary/aromatic N) is 2. The van der Waals surface area contributed by atoms with Crippen LogP contribution >= 0.6 is 0 Å². The van der Waals surface area contributed by atoms with Crippen LogP contribution < -0.4 is 5.32 Å². The number of rotatable bonds is 3. The Labute approximate surface area is 169 Å². The van der Waals surface area contributed by atoms with Crippen molar-refractivity contribution in [2.45, 2.75) is 20.3 Å². The van der Waals surface area contributed by atoms with Gasteiger partial charge in [-0.3, -0.25) is 9.59 Å². The molecule has 1 aliphatic heterocycles. The summed E-state index contributed by atoms with van der Waals surface area (Å²) in [5, 5.41) is 2.94. The molecule has 3 aromatic rings. The van der Waals surface area contributed by atoms with Crippen LogP contribution in [0.2, 0.25) is 0 Å². The molecule has 2 aromatic carbocycles. The number of benzene rings is 2. The summed E-state index contributed by atoms with van der Waals surface area (Å²) in [5.74, 6) is 0.536. The predicted molar refractivity (Wildman–Crippen MR) is 111 cm³/mol. The van der Waals surface area contributed by atoms with Crippen molar-refractivity contribution in [1.82, 2.24) is 14.9 Å². The molecular formula is C22H24N4O3. The number of amides is 2. The van der Waals surface area contributed by atoms with Crippen molar-refractivity contribution in [2.75, 3.05) is 31.6 Å². The SMILES string of the molecule is Cc1nc2ccc(C(=O)Nc3cc(C(=O)N4CCCOCC4)ccc3C)cc2[nH]1. The zero-order valence-electron chi connectivity index (χ0n) is 16.6. The van der Waals surface area contributed by atoms with Crippen LogP contribution in [0.1, 0.15) is 38.5 Å². The van der Waals surface area contributed by atoms with Gasteiger partial charge in [-0.1, -0.05) is 6.07 Å². The lowest BCUT2D eigenvalue weighted by Gasteiger charge is -2.20. The maximum Gasteiger partial charge on any atom is 0.255 e. The quantitative estimate of drug-likeness (QED) is 0.716. The topological polar surface area (TPSA) is 87.3 Å². The smallest absolute Gasteiger partial charge is 0.255 e. The summed E-state index contributed by atoms with van der Waals surface area (Å²) in [6, 6.07) is 10.8. The summed E-state index contributed by atoms with van der Waals surface area (Å²) in [6.45, 7) is 6.28. The number of anilines is 1. The number of carbonyl (C=O) groups is 2. The molecule has 7 nitrogen and oxygen atoms in total. The lowest BCUT2D eigenvalue weighted by atomic mass is 10.1. The normalized spacial score (nSPS) is 14.6. The van der Waals surface area contributed by atoms with Crippen molar-refractivity contribution in [2.24, 2.45) is 0 Å². The maximum atomic E-state index is 12.9. The minimum atomic E-state index is -0.227. The molecule has 4 rings (SSSR count). The van der Waals surface area contributed by atoms with Gasteiger partial charge in [0.2, 0.25) is 0 Å². The van der Waals surface area contributed by atoms with Crippen LogP contribution in [0.25, 0.3) is 11.0 Å². The molecule has 2 N–H and O–H groups in total. The van der Waals surface area contributed by atoms with Crippen LogP contribution in [0.5, 0.6) is 0 Å². The van der Waals surface area contributed by atoms with Gasteiger partial charge in [0, 0.05) is 36.5 Å². The third-order valence-electron chi connectivity index (χ3n) is 5.10. The van der Waals surface area contributed by atoms with Gasteiger partial charge in [0.25, 0.3) is 11.8 Å². The number of H-pyrrole nitrogens is 1. The number of aromatic amines is 1. The molecule has 2 heterocycles. The minimum Gasteiger partial charge on any atom is -0.380 e. The largest absolute Gasteiger partial charge is 0.380 e. The monoisotopic (exact) mass is 392 g/mol. The highest BCUT2D eigenvalue weighted by Gasteiger charge is 2.19. The fourth-order valence-electron chi connectivity index (χ4n) is 3.49. The van der Waals surface area contributed by atoms with E-state index in [1.165, 1.54) is 0 Å². The Morgan fingerprint density at radius 3 is 2.76 bits per heavy atom. The van der Waals surface area contributed by atoms with Gasteiger partial charge in [0.1, 0.15) is 5.82 Å². The molecule has 1 saturated heterocycles. The van der Waals surface area contributed by atoms with Crippen LogP contribution in [-0.4, -0.2) is 53.0 Å². The number of imidazole rings is 1. The third kappa shape index (κ3) is 4.14. The van der Waals surface area contributed by atoms with Crippen LogP contribution in [0.4, 0.5) is 5.69 Å². The molecule has 0 aliphatic carbocycles. The Morgan fingerprint density at radius 2 is 1.90 bits per heavy atom. The second-order valence-electron chi connectivity index (χ2n) is 7.30. The molecule has 1 aromatic heterocycles. The van der Waals surface area contributed by atoms with Crippen LogP contribution in [0.15, 0.2) is 36.4 Å². The van der Waals surface area contributed by atoms with Gasteiger partial charge in [-0.15, -0.1) is 0 Å². The first-order valence-corrected chi connectivity index (χ1v) is 9.76. The summed E-state index contributed by atoms with van der Waals surface area (Å²) in [5.41, 5.74) is 4.26. The molecule has 1 fully saturated rings. The Hall–Kier alpha value is -3.19. The highest BCUT2D eigenvalue weighted by molar-refractivity contribution is 6.07. The summed E-state index contributed by atoms with van der Waals surface area (Å²) in [4.78, 5) is 35.0. The highest BCUT2D eigenvalue weighted by Crippen LogP contribution is 2.21. The summed E-state index contributed by atoms with van der Waals surface area (Å²) in [7, 11) is 0. The Morgan fingerprint density at radius 1 is 1.07 bits per heavy atom. The maximum absolute atomic E-state index is 12.9. The van der Waals surface area contributed by atoms with E-state index in [9.17, 15) is 9.59 Å². The number of hydrogen-bond donors (Lipinski definition) is 2. The van der Waals surface area contributed by atoms with Gasteiger partial charge in [0.15, 0.2) is 0 Å². The van der Waals surface area contributed by atoms with E-state index < -0.39 is 0 Å². The van der Waals surface area contributed by atoms with Crippen molar-refractivity contribution in [3.63, 3.8) is 0 Å². The number of nitrogens with one attached hydrogen (secondary N) is 2. The molecule has 0 saturated carbocycles. The van der Waals surface area contributed by atoms with Crippen molar-refractivity contribution in [1.29, 1.82) is 0 Å². The number of carbonyl (C=O) groups excluding carboxylic acids is 2. The standard InChI is InChI=1S/C22H24N4O3/c1-14-4-5-17(22(28)26-8-3-10-29-11-9-26)13-19(14)25-21(27)16-6-7-18-20(12-16)24-15(2)23-18/h4-7,12-13H,3,8-11H2,1-2H3,(H,23,24)(H,25,27). The molecule has 0 radical (unpaired) electrons. The van der Waals surface area contributed by atoms with Gasteiger partial charge in [-0.25, -0.2) is 4.98 Å². The third-order valence-corrected chi connectivity index (χ3v) is 5.10. The van der Waals surface area contributed by atoms with E-state index in [-0.39, 0.29) is 11.8 Å². The van der Waals surface area contributed by atoms with Crippen molar-refractivity contribution < 1.29 is 14.3 Å². The van der Waals surface area contributed by atoms with E-state index in [1.54, 1.807) is 29.2 Å². The first-order valence-electron chi connectivity index (χ1n) is 9.76. The lowest BCUT2D eigenvalue weighted by Crippen LogP contribution is -2.33.